The molecule has 0 saturated carbocycles. The Morgan fingerprint density at radius 2 is 2.38 bits per heavy atom. The minimum absolute atomic E-state index is 0.0833. The third-order valence-corrected chi connectivity index (χ3v) is 1.83. The number of aliphatic hydroxyl groups excluding tert-OH is 1. The summed E-state index contributed by atoms with van der Waals surface area (Å²) in [4.78, 5) is 0. The van der Waals surface area contributed by atoms with E-state index in [-0.39, 0.29) is 6.10 Å². The maximum atomic E-state index is 9.13. The second-order valence-electron chi connectivity index (χ2n) is 2.39. The van der Waals surface area contributed by atoms with E-state index in [9.17, 15) is 0 Å². The standard InChI is InChI=1S/C6H13NO/c1-2-5-3-7-4-6(5)8/h5-8H,2-4H2,1H3/t5?,6-/m0/s1. The first-order valence-corrected chi connectivity index (χ1v) is 3.23. The van der Waals surface area contributed by atoms with Gasteiger partial charge in [0.15, 0.2) is 0 Å². The lowest BCUT2D eigenvalue weighted by molar-refractivity contribution is 0.145. The van der Waals surface area contributed by atoms with Crippen LogP contribution in [0.3, 0.4) is 0 Å². The van der Waals surface area contributed by atoms with E-state index in [1.807, 2.05) is 0 Å². The maximum Gasteiger partial charge on any atom is 0.0704 e. The molecule has 2 atom stereocenters. The summed E-state index contributed by atoms with van der Waals surface area (Å²) in [5, 5.41) is 12.2. The minimum atomic E-state index is -0.0833. The zero-order chi connectivity index (χ0) is 5.98. The number of nitrogens with one attached hydrogen (secondary N) is 1. The molecule has 1 saturated heterocycles. The van der Waals surface area contributed by atoms with Crippen LogP contribution in [0.5, 0.6) is 0 Å². The van der Waals surface area contributed by atoms with E-state index in [2.05, 4.69) is 12.2 Å². The molecule has 2 N–H and O–H groups in total. The van der Waals surface area contributed by atoms with Crippen molar-refractivity contribution in [1.29, 1.82) is 0 Å². The van der Waals surface area contributed by atoms with Gasteiger partial charge >= 0.3 is 0 Å². The van der Waals surface area contributed by atoms with Crippen LogP contribution in [0.15, 0.2) is 0 Å². The number of rotatable bonds is 1. The van der Waals surface area contributed by atoms with Crippen molar-refractivity contribution in [3.8, 4) is 0 Å². The molecular formula is C6H13NO. The molecule has 2 heteroatoms. The lowest BCUT2D eigenvalue weighted by Crippen LogP contribution is -2.16. The van der Waals surface area contributed by atoms with E-state index in [1.54, 1.807) is 0 Å². The summed E-state index contributed by atoms with van der Waals surface area (Å²) in [5.41, 5.74) is 0. The topological polar surface area (TPSA) is 32.3 Å². The Bertz CT molecular complexity index is 74.9. The van der Waals surface area contributed by atoms with Gasteiger partial charge in [0.2, 0.25) is 0 Å². The van der Waals surface area contributed by atoms with Gasteiger partial charge in [-0.05, 0) is 12.3 Å². The van der Waals surface area contributed by atoms with E-state index >= 15 is 0 Å². The highest BCUT2D eigenvalue weighted by Crippen LogP contribution is 2.11. The third-order valence-electron chi connectivity index (χ3n) is 1.83. The summed E-state index contributed by atoms with van der Waals surface area (Å²) in [7, 11) is 0. The quantitative estimate of drug-likeness (QED) is 0.503. The van der Waals surface area contributed by atoms with Crippen molar-refractivity contribution in [2.75, 3.05) is 13.1 Å². The predicted octanol–water partition coefficient (Wildman–Crippen LogP) is -0.0233. The summed E-state index contributed by atoms with van der Waals surface area (Å²) in [6.07, 6.45) is 1.01. The lowest BCUT2D eigenvalue weighted by Gasteiger charge is -2.07. The molecule has 0 aromatic rings. The van der Waals surface area contributed by atoms with Gasteiger partial charge in [-0.25, -0.2) is 0 Å². The molecule has 1 unspecified atom stereocenters. The van der Waals surface area contributed by atoms with Crippen LogP contribution in [0.2, 0.25) is 0 Å². The Hall–Kier alpha value is -0.0800. The molecule has 0 aromatic carbocycles. The van der Waals surface area contributed by atoms with Gasteiger partial charge in [-0.15, -0.1) is 0 Å². The highest BCUT2D eigenvalue weighted by molar-refractivity contribution is 4.78. The average Bonchev–Trinajstić information content (AvgIpc) is 2.14. The molecule has 0 spiro atoms. The van der Waals surface area contributed by atoms with Gasteiger partial charge in [-0.1, -0.05) is 6.92 Å². The Kier molecular flexibility index (Phi) is 1.86. The second kappa shape index (κ2) is 2.46. The number of β-amino-alcohol motifs (C(OH)–C–C–N with tert-alkyl or cyclic N) is 1. The highest BCUT2D eigenvalue weighted by atomic mass is 16.3. The fourth-order valence-corrected chi connectivity index (χ4v) is 1.14. The van der Waals surface area contributed by atoms with Gasteiger partial charge < -0.3 is 10.4 Å². The Morgan fingerprint density at radius 1 is 1.62 bits per heavy atom. The molecular weight excluding hydrogens is 102 g/mol. The monoisotopic (exact) mass is 115 g/mol. The Balaban J connectivity index is 2.30. The lowest BCUT2D eigenvalue weighted by atomic mass is 10.0. The SMILES string of the molecule is CCC1CNC[C@@H]1O. The third kappa shape index (κ3) is 1.01. The molecule has 2 nitrogen and oxygen atoms in total. The molecule has 1 fully saturated rings. The Morgan fingerprint density at radius 3 is 2.62 bits per heavy atom. The highest BCUT2D eigenvalue weighted by Gasteiger charge is 2.22. The van der Waals surface area contributed by atoms with Crippen LogP contribution in [0, 0.1) is 5.92 Å². The fourth-order valence-electron chi connectivity index (χ4n) is 1.14. The van der Waals surface area contributed by atoms with Crippen LogP contribution in [0.4, 0.5) is 0 Å². The molecule has 0 aliphatic carbocycles. The summed E-state index contributed by atoms with van der Waals surface area (Å²) in [6.45, 7) is 3.90. The molecule has 1 rings (SSSR count). The van der Waals surface area contributed by atoms with E-state index < -0.39 is 0 Å². The van der Waals surface area contributed by atoms with Crippen LogP contribution in [-0.2, 0) is 0 Å². The van der Waals surface area contributed by atoms with Crippen molar-refractivity contribution in [3.63, 3.8) is 0 Å². The number of hydrogen-bond acceptors (Lipinski definition) is 2. The summed E-state index contributed by atoms with van der Waals surface area (Å²) < 4.78 is 0. The van der Waals surface area contributed by atoms with Gasteiger partial charge in [-0.2, -0.15) is 0 Å². The van der Waals surface area contributed by atoms with Crippen LogP contribution >= 0.6 is 0 Å². The van der Waals surface area contributed by atoms with Crippen molar-refractivity contribution >= 4 is 0 Å². The molecule has 1 aliphatic rings. The molecule has 8 heavy (non-hydrogen) atoms. The number of hydrogen-bond donors (Lipinski definition) is 2. The van der Waals surface area contributed by atoms with Crippen LogP contribution in [-0.4, -0.2) is 24.3 Å². The van der Waals surface area contributed by atoms with Crippen molar-refractivity contribution in [3.05, 3.63) is 0 Å². The zero-order valence-corrected chi connectivity index (χ0v) is 5.22. The first-order valence-electron chi connectivity index (χ1n) is 3.23. The normalized spacial score (nSPS) is 38.2. The minimum Gasteiger partial charge on any atom is -0.391 e. The molecule has 48 valence electrons. The van der Waals surface area contributed by atoms with Gasteiger partial charge in [0.1, 0.15) is 0 Å². The first kappa shape index (κ1) is 6.05. The van der Waals surface area contributed by atoms with Gasteiger partial charge in [0.05, 0.1) is 6.10 Å². The average molecular weight is 115 g/mol. The molecule has 1 heterocycles. The van der Waals surface area contributed by atoms with Crippen LogP contribution in [0.25, 0.3) is 0 Å². The van der Waals surface area contributed by atoms with E-state index in [0.717, 1.165) is 19.5 Å². The molecule has 0 radical (unpaired) electrons. The summed E-state index contributed by atoms with van der Waals surface area (Å²) in [5.74, 6) is 0.509. The van der Waals surface area contributed by atoms with Crippen molar-refractivity contribution in [2.45, 2.75) is 19.4 Å². The van der Waals surface area contributed by atoms with E-state index in [1.165, 1.54) is 0 Å². The molecule has 0 amide bonds. The second-order valence-corrected chi connectivity index (χ2v) is 2.39. The molecule has 1 aliphatic heterocycles. The van der Waals surface area contributed by atoms with E-state index in [4.69, 9.17) is 5.11 Å². The van der Waals surface area contributed by atoms with E-state index in [0.29, 0.717) is 5.92 Å². The predicted molar refractivity (Wildman–Crippen MR) is 32.7 cm³/mol. The van der Waals surface area contributed by atoms with Crippen molar-refractivity contribution in [1.82, 2.24) is 5.32 Å². The first-order chi connectivity index (χ1) is 3.84. The van der Waals surface area contributed by atoms with Crippen LogP contribution < -0.4 is 5.32 Å². The smallest absolute Gasteiger partial charge is 0.0704 e. The largest absolute Gasteiger partial charge is 0.391 e. The van der Waals surface area contributed by atoms with Gasteiger partial charge in [0, 0.05) is 13.1 Å². The Labute approximate surface area is 49.9 Å². The van der Waals surface area contributed by atoms with Gasteiger partial charge in [-0.3, -0.25) is 0 Å². The summed E-state index contributed by atoms with van der Waals surface area (Å²) >= 11 is 0. The maximum absolute atomic E-state index is 9.13. The molecule has 0 bridgehead atoms. The zero-order valence-electron chi connectivity index (χ0n) is 5.22. The van der Waals surface area contributed by atoms with Gasteiger partial charge in [0.25, 0.3) is 0 Å². The van der Waals surface area contributed by atoms with Crippen molar-refractivity contribution in [2.24, 2.45) is 5.92 Å². The fraction of sp³-hybridized carbons (Fsp3) is 1.00. The summed E-state index contributed by atoms with van der Waals surface area (Å²) in [6, 6.07) is 0. The number of aliphatic hydroxyl groups is 1. The molecule has 0 aromatic heterocycles. The van der Waals surface area contributed by atoms with Crippen LogP contribution in [0.1, 0.15) is 13.3 Å². The van der Waals surface area contributed by atoms with Crippen molar-refractivity contribution < 1.29 is 5.11 Å².